The van der Waals surface area contributed by atoms with Crippen molar-refractivity contribution in [2.24, 2.45) is 15.7 Å². The van der Waals surface area contributed by atoms with E-state index in [2.05, 4.69) is 37.5 Å². The van der Waals surface area contributed by atoms with Crippen LogP contribution in [0.5, 0.6) is 0 Å². The fourth-order valence-corrected chi connectivity index (χ4v) is 2.55. The standard InChI is InChI=1S/C20H24ClN7O/c1-3-23-20(27-16-8-4-7-15(21)13-16)28-18(22)17-9-5-10-25-19(17)26-12-6-11-24-14(2)29/h3-5,7-10,13H,1,6,11-12H2,2H3,(H,24,29)(H,25,26)(H3,22,23,27,28). The third-order valence-corrected chi connectivity index (χ3v) is 3.86. The molecular weight excluding hydrogens is 390 g/mol. The molecule has 152 valence electrons. The molecule has 9 heteroatoms. The van der Waals surface area contributed by atoms with Crippen LogP contribution in [0.15, 0.2) is 65.4 Å². The minimum absolute atomic E-state index is 0.0545. The van der Waals surface area contributed by atoms with Crippen LogP contribution in [0.3, 0.4) is 0 Å². The molecule has 8 nitrogen and oxygen atoms in total. The number of hydrogen-bond acceptors (Lipinski definition) is 4. The minimum Gasteiger partial charge on any atom is -0.383 e. The molecule has 0 fully saturated rings. The summed E-state index contributed by atoms with van der Waals surface area (Å²) in [6.45, 7) is 6.29. The van der Waals surface area contributed by atoms with E-state index in [1.54, 1.807) is 24.4 Å². The van der Waals surface area contributed by atoms with Crippen molar-refractivity contribution in [2.75, 3.05) is 23.7 Å². The summed E-state index contributed by atoms with van der Waals surface area (Å²) >= 11 is 6.02. The van der Waals surface area contributed by atoms with E-state index in [0.717, 1.165) is 12.1 Å². The predicted molar refractivity (Wildman–Crippen MR) is 119 cm³/mol. The smallest absolute Gasteiger partial charge is 0.229 e. The SMILES string of the molecule is C=CN=C(N=C(N)c1cccnc1NCCCNC(C)=O)Nc1cccc(Cl)c1. The lowest BCUT2D eigenvalue weighted by Crippen LogP contribution is -2.24. The zero-order chi connectivity index (χ0) is 21.1. The van der Waals surface area contributed by atoms with Crippen LogP contribution in [-0.4, -0.2) is 35.8 Å². The highest BCUT2D eigenvalue weighted by Crippen LogP contribution is 2.16. The van der Waals surface area contributed by atoms with E-state index in [1.807, 2.05) is 18.2 Å². The predicted octanol–water partition coefficient (Wildman–Crippen LogP) is 2.99. The van der Waals surface area contributed by atoms with Crippen molar-refractivity contribution >= 4 is 40.8 Å². The molecule has 1 amide bonds. The molecule has 5 N–H and O–H groups in total. The maximum absolute atomic E-state index is 10.9. The number of anilines is 2. The van der Waals surface area contributed by atoms with Gasteiger partial charge in [-0.25, -0.2) is 9.98 Å². The molecule has 29 heavy (non-hydrogen) atoms. The van der Waals surface area contributed by atoms with Crippen LogP contribution in [0.1, 0.15) is 18.9 Å². The van der Waals surface area contributed by atoms with E-state index >= 15 is 0 Å². The fourth-order valence-electron chi connectivity index (χ4n) is 2.36. The summed E-state index contributed by atoms with van der Waals surface area (Å²) in [6.07, 6.45) is 3.77. The first-order valence-corrected chi connectivity index (χ1v) is 9.36. The Kier molecular flexibility index (Phi) is 8.65. The highest BCUT2D eigenvalue weighted by molar-refractivity contribution is 6.31. The van der Waals surface area contributed by atoms with Crippen molar-refractivity contribution in [1.29, 1.82) is 0 Å². The number of amides is 1. The number of halogens is 1. The molecule has 1 aromatic carbocycles. The molecule has 0 unspecified atom stereocenters. The summed E-state index contributed by atoms with van der Waals surface area (Å²) in [6, 6.07) is 10.8. The van der Waals surface area contributed by atoms with Crippen LogP contribution in [0.2, 0.25) is 5.02 Å². The van der Waals surface area contributed by atoms with E-state index in [4.69, 9.17) is 17.3 Å². The van der Waals surface area contributed by atoms with Crippen LogP contribution in [0, 0.1) is 0 Å². The van der Waals surface area contributed by atoms with Crippen molar-refractivity contribution in [2.45, 2.75) is 13.3 Å². The Labute approximate surface area is 175 Å². The Bertz CT molecular complexity index is 911. The lowest BCUT2D eigenvalue weighted by Gasteiger charge is -2.11. The van der Waals surface area contributed by atoms with Crippen LogP contribution < -0.4 is 21.7 Å². The fraction of sp³-hybridized carbons (Fsp3) is 0.200. The highest BCUT2D eigenvalue weighted by Gasteiger charge is 2.09. The van der Waals surface area contributed by atoms with Gasteiger partial charge in [-0.05, 0) is 36.8 Å². The number of guanidine groups is 1. The maximum Gasteiger partial charge on any atom is 0.229 e. The monoisotopic (exact) mass is 413 g/mol. The number of benzene rings is 1. The average Bonchev–Trinajstić information content (AvgIpc) is 2.68. The van der Waals surface area contributed by atoms with Gasteiger partial charge < -0.3 is 21.7 Å². The average molecular weight is 414 g/mol. The molecule has 2 rings (SSSR count). The first-order chi connectivity index (χ1) is 14.0. The van der Waals surface area contributed by atoms with Gasteiger partial charge in [0.1, 0.15) is 11.7 Å². The third kappa shape index (κ3) is 7.63. The molecule has 1 heterocycles. The molecule has 0 aliphatic carbocycles. The van der Waals surface area contributed by atoms with Crippen molar-refractivity contribution in [3.05, 3.63) is 66.0 Å². The molecule has 0 saturated carbocycles. The molecule has 0 aliphatic rings. The van der Waals surface area contributed by atoms with Crippen LogP contribution in [0.4, 0.5) is 11.5 Å². The first kappa shape index (κ1) is 21.9. The molecule has 0 atom stereocenters. The first-order valence-electron chi connectivity index (χ1n) is 8.98. The number of amidine groups is 1. The number of nitrogens with two attached hydrogens (primary N) is 1. The number of pyridine rings is 1. The number of aliphatic imine (C=N–C) groups is 2. The zero-order valence-corrected chi connectivity index (χ0v) is 16.9. The van der Waals surface area contributed by atoms with Gasteiger partial charge in [-0.15, -0.1) is 0 Å². The summed E-state index contributed by atoms with van der Waals surface area (Å²) in [5.74, 6) is 1.04. The summed E-state index contributed by atoms with van der Waals surface area (Å²) in [7, 11) is 0. The van der Waals surface area contributed by atoms with Crippen molar-refractivity contribution in [1.82, 2.24) is 10.3 Å². The molecular formula is C20H24ClN7O. The van der Waals surface area contributed by atoms with Gasteiger partial charge in [-0.2, -0.15) is 4.99 Å². The summed E-state index contributed by atoms with van der Waals surface area (Å²) in [5.41, 5.74) is 7.57. The Hall–Kier alpha value is -3.39. The van der Waals surface area contributed by atoms with E-state index in [-0.39, 0.29) is 17.7 Å². The second-order valence-corrected chi connectivity index (χ2v) is 6.37. The molecule has 0 saturated heterocycles. The van der Waals surface area contributed by atoms with Gasteiger partial charge in [0.25, 0.3) is 0 Å². The molecule has 0 bridgehead atoms. The Morgan fingerprint density at radius 1 is 1.31 bits per heavy atom. The van der Waals surface area contributed by atoms with E-state index in [0.29, 0.717) is 29.5 Å². The van der Waals surface area contributed by atoms with Gasteiger partial charge in [-0.1, -0.05) is 24.2 Å². The Morgan fingerprint density at radius 2 is 2.14 bits per heavy atom. The number of carbonyl (C=O) groups excluding carboxylic acids is 1. The molecule has 0 spiro atoms. The number of nitrogens with zero attached hydrogens (tertiary/aromatic N) is 3. The van der Waals surface area contributed by atoms with Gasteiger partial charge in [0.05, 0.1) is 5.56 Å². The lowest BCUT2D eigenvalue weighted by atomic mass is 10.2. The normalized spacial score (nSPS) is 11.7. The van der Waals surface area contributed by atoms with Crippen molar-refractivity contribution < 1.29 is 4.79 Å². The maximum atomic E-state index is 10.9. The number of rotatable bonds is 8. The Balaban J connectivity index is 2.12. The minimum atomic E-state index is -0.0545. The van der Waals surface area contributed by atoms with E-state index in [1.165, 1.54) is 13.1 Å². The largest absolute Gasteiger partial charge is 0.383 e. The quantitative estimate of drug-likeness (QED) is 0.301. The second-order valence-electron chi connectivity index (χ2n) is 5.93. The Morgan fingerprint density at radius 3 is 2.86 bits per heavy atom. The van der Waals surface area contributed by atoms with Gasteiger partial charge >= 0.3 is 0 Å². The summed E-state index contributed by atoms with van der Waals surface area (Å²) in [4.78, 5) is 23.7. The van der Waals surface area contributed by atoms with Gasteiger partial charge in [0.15, 0.2) is 0 Å². The highest BCUT2D eigenvalue weighted by atomic mass is 35.5. The van der Waals surface area contributed by atoms with Gasteiger partial charge in [-0.3, -0.25) is 4.79 Å². The van der Waals surface area contributed by atoms with E-state index in [9.17, 15) is 4.79 Å². The second kappa shape index (κ2) is 11.5. The molecule has 0 radical (unpaired) electrons. The summed E-state index contributed by atoms with van der Waals surface area (Å²) < 4.78 is 0. The van der Waals surface area contributed by atoms with Crippen LogP contribution >= 0.6 is 11.6 Å². The molecule has 1 aromatic heterocycles. The topological polar surface area (TPSA) is 117 Å². The van der Waals surface area contributed by atoms with Crippen molar-refractivity contribution in [3.63, 3.8) is 0 Å². The number of hydrogen-bond donors (Lipinski definition) is 4. The lowest BCUT2D eigenvalue weighted by molar-refractivity contribution is -0.118. The van der Waals surface area contributed by atoms with Gasteiger partial charge in [0.2, 0.25) is 11.9 Å². The van der Waals surface area contributed by atoms with Crippen LogP contribution in [-0.2, 0) is 4.79 Å². The van der Waals surface area contributed by atoms with E-state index < -0.39 is 0 Å². The zero-order valence-electron chi connectivity index (χ0n) is 16.2. The third-order valence-electron chi connectivity index (χ3n) is 3.62. The number of nitrogens with one attached hydrogen (secondary N) is 3. The number of aromatic nitrogens is 1. The van der Waals surface area contributed by atoms with Crippen molar-refractivity contribution in [3.8, 4) is 0 Å². The van der Waals surface area contributed by atoms with Crippen LogP contribution in [0.25, 0.3) is 0 Å². The molecule has 0 aliphatic heterocycles. The molecule has 2 aromatic rings. The summed E-state index contributed by atoms with van der Waals surface area (Å²) in [5, 5.41) is 9.60. The number of carbonyl (C=O) groups is 1. The van der Waals surface area contributed by atoms with Gasteiger partial charge in [0, 0.05) is 43.1 Å².